The summed E-state index contributed by atoms with van der Waals surface area (Å²) in [6.45, 7) is 9.12. The second-order valence-corrected chi connectivity index (χ2v) is 12.0. The van der Waals surface area contributed by atoms with Crippen LogP contribution in [-0.2, 0) is 17.8 Å². The summed E-state index contributed by atoms with van der Waals surface area (Å²) >= 11 is -0.536. The van der Waals surface area contributed by atoms with Gasteiger partial charge in [-0.1, -0.05) is 72.3 Å². The van der Waals surface area contributed by atoms with Crippen molar-refractivity contribution in [2.45, 2.75) is 53.5 Å². The predicted molar refractivity (Wildman–Crippen MR) is 173 cm³/mol. The van der Waals surface area contributed by atoms with Crippen molar-refractivity contribution in [3.8, 4) is 33.4 Å². The largest absolute Gasteiger partial charge is 0.481 e. The number of anilines is 1. The van der Waals surface area contributed by atoms with E-state index in [4.69, 9.17) is 3.44 Å². The van der Waals surface area contributed by atoms with E-state index in [-0.39, 0.29) is 6.42 Å². The van der Waals surface area contributed by atoms with E-state index in [0.29, 0.717) is 0 Å². The molecule has 4 aromatic rings. The standard InChI is InChI=1S/C30H27NO2.C4H11IO/c1-18-9-11-22(12-10-18)28-20(3)29-26-15-23(21-7-5-4-6-8-21)13-14-24(26)17-31-30(29)19(2)25(28)16-27(32)33;1-2-3-4-5-6/h4-15,31H,16-17H2,1-3H3,(H,32,33);5-6H,2-4H2,1H3. The predicted octanol–water partition coefficient (Wildman–Crippen LogP) is 8.56. The second-order valence-electron chi connectivity index (χ2n) is 10.1. The quantitative estimate of drug-likeness (QED) is 0.108. The van der Waals surface area contributed by atoms with Crippen molar-refractivity contribution >= 4 is 33.3 Å². The number of alkyl halides is 1. The second kappa shape index (κ2) is 13.3. The van der Waals surface area contributed by atoms with Gasteiger partial charge in [0.15, 0.2) is 0 Å². The molecule has 0 saturated carbocycles. The molecular weight excluding hydrogens is 597 g/mol. The molecule has 1 aliphatic heterocycles. The molecule has 5 rings (SSSR count). The summed E-state index contributed by atoms with van der Waals surface area (Å²) in [5, 5.41) is 13.3. The zero-order valence-electron chi connectivity index (χ0n) is 23.2. The van der Waals surface area contributed by atoms with Crippen LogP contribution < -0.4 is 5.32 Å². The van der Waals surface area contributed by atoms with Crippen LogP contribution in [0, 0.1) is 20.8 Å². The van der Waals surface area contributed by atoms with Crippen LogP contribution in [0.15, 0.2) is 72.8 Å². The molecular formula is C34H38INO3. The number of carbonyl (C=O) groups is 1. The normalized spacial score (nSPS) is 11.6. The summed E-state index contributed by atoms with van der Waals surface area (Å²) in [7, 11) is 0. The number of aryl methyl sites for hydroxylation is 1. The van der Waals surface area contributed by atoms with Gasteiger partial charge in [0.25, 0.3) is 0 Å². The van der Waals surface area contributed by atoms with Crippen LogP contribution in [0.2, 0.25) is 0 Å². The van der Waals surface area contributed by atoms with Crippen molar-refractivity contribution < 1.29 is 13.3 Å². The van der Waals surface area contributed by atoms with Crippen LogP contribution in [-0.4, -0.2) is 18.9 Å². The number of fused-ring (bicyclic) bond motifs is 3. The third-order valence-electron chi connectivity index (χ3n) is 7.33. The Morgan fingerprint density at radius 2 is 1.56 bits per heavy atom. The van der Waals surface area contributed by atoms with Crippen molar-refractivity contribution in [3.05, 3.63) is 101 Å². The molecule has 0 radical (unpaired) electrons. The van der Waals surface area contributed by atoms with E-state index in [1.165, 1.54) is 46.2 Å². The van der Waals surface area contributed by atoms with Gasteiger partial charge < -0.3 is 10.4 Å². The van der Waals surface area contributed by atoms with Crippen molar-refractivity contribution in [2.24, 2.45) is 0 Å². The Morgan fingerprint density at radius 1 is 0.872 bits per heavy atom. The Morgan fingerprint density at radius 3 is 2.18 bits per heavy atom. The van der Waals surface area contributed by atoms with Crippen LogP contribution in [0.1, 0.15) is 47.6 Å². The van der Waals surface area contributed by atoms with Gasteiger partial charge in [0.05, 0.1) is 6.42 Å². The number of benzene rings is 4. The number of rotatable bonds is 7. The molecule has 5 heteroatoms. The molecule has 0 amide bonds. The number of nitrogens with one attached hydrogen (secondary N) is 1. The number of halogens is 1. The first kappa shape index (κ1) is 28.8. The number of carboxylic acids is 1. The third-order valence-corrected chi connectivity index (χ3v) is 8.67. The zero-order valence-corrected chi connectivity index (χ0v) is 25.5. The molecule has 3 N–H and O–H groups in total. The van der Waals surface area contributed by atoms with Gasteiger partial charge in [0.2, 0.25) is 0 Å². The minimum absolute atomic E-state index is 0.00174. The first-order valence-corrected chi connectivity index (χ1v) is 16.2. The van der Waals surface area contributed by atoms with Crippen molar-refractivity contribution in [1.29, 1.82) is 0 Å². The van der Waals surface area contributed by atoms with E-state index in [1.54, 1.807) is 0 Å². The van der Waals surface area contributed by atoms with E-state index in [2.05, 4.69) is 92.8 Å². The Kier molecular flexibility index (Phi) is 9.81. The molecule has 1 aliphatic rings. The minimum Gasteiger partial charge on any atom is -0.481 e. The van der Waals surface area contributed by atoms with E-state index >= 15 is 0 Å². The number of carboxylic acid groups (broad SMARTS) is 1. The Hall–Kier alpha value is -3.16. The first-order chi connectivity index (χ1) is 18.8. The molecule has 39 heavy (non-hydrogen) atoms. The van der Waals surface area contributed by atoms with Crippen molar-refractivity contribution in [1.82, 2.24) is 0 Å². The molecule has 0 bridgehead atoms. The summed E-state index contributed by atoms with van der Waals surface area (Å²) in [6.07, 6.45) is 2.45. The molecule has 0 unspecified atom stereocenters. The van der Waals surface area contributed by atoms with Gasteiger partial charge in [-0.15, -0.1) is 0 Å². The first-order valence-electron chi connectivity index (χ1n) is 13.5. The van der Waals surface area contributed by atoms with E-state index in [9.17, 15) is 9.90 Å². The minimum atomic E-state index is -0.812. The zero-order chi connectivity index (χ0) is 27.9. The monoisotopic (exact) mass is 635 g/mol. The molecule has 4 nitrogen and oxygen atoms in total. The summed E-state index contributed by atoms with van der Waals surface area (Å²) < 4.78 is 9.43. The van der Waals surface area contributed by atoms with E-state index in [1.807, 2.05) is 13.0 Å². The molecule has 1 heterocycles. The van der Waals surface area contributed by atoms with Gasteiger partial charge >= 0.3 is 55.2 Å². The van der Waals surface area contributed by atoms with Crippen LogP contribution >= 0.6 is 21.6 Å². The van der Waals surface area contributed by atoms with Gasteiger partial charge in [-0.2, -0.15) is 0 Å². The fraction of sp³-hybridized carbons (Fsp3) is 0.265. The summed E-state index contributed by atoms with van der Waals surface area (Å²) in [5.74, 6) is -0.812. The maximum absolute atomic E-state index is 11.8. The van der Waals surface area contributed by atoms with Crippen molar-refractivity contribution in [3.63, 3.8) is 0 Å². The maximum atomic E-state index is 11.8. The van der Waals surface area contributed by atoms with Crippen LogP contribution in [0.4, 0.5) is 5.69 Å². The number of unbranched alkanes of at least 4 members (excludes halogenated alkanes) is 1. The average Bonchev–Trinajstić information content (AvgIpc) is 2.95. The Bertz CT molecular complexity index is 1440. The fourth-order valence-corrected chi connectivity index (χ4v) is 6.46. The molecule has 0 saturated heterocycles. The SMILES string of the molecule is CCCC[IH]O.Cc1ccc(-c2c(C)c3c(c(C)c2CC(=O)O)NCc2ccc(-c4ccccc4)cc2-3)cc1. The van der Waals surface area contributed by atoms with Crippen LogP contribution in [0.3, 0.4) is 0 Å². The maximum Gasteiger partial charge on any atom is 0.307 e. The number of aliphatic carboxylic acids is 1. The number of hydrogen-bond donors (Lipinski definition) is 3. The Labute approximate surface area is 242 Å². The Balaban J connectivity index is 0.000000531. The number of hydrogen-bond acceptors (Lipinski definition) is 3. The molecule has 0 atom stereocenters. The molecule has 204 valence electrons. The fourth-order valence-electron chi connectivity index (χ4n) is 5.27. The van der Waals surface area contributed by atoms with Gasteiger partial charge in [-0.3, -0.25) is 4.79 Å². The van der Waals surface area contributed by atoms with E-state index < -0.39 is 27.6 Å². The molecule has 0 aliphatic carbocycles. The van der Waals surface area contributed by atoms with Crippen LogP contribution in [0.5, 0.6) is 0 Å². The van der Waals surface area contributed by atoms with Crippen LogP contribution in [0.25, 0.3) is 33.4 Å². The molecule has 4 aromatic carbocycles. The third kappa shape index (κ3) is 6.53. The van der Waals surface area contributed by atoms with Gasteiger partial charge in [0.1, 0.15) is 0 Å². The summed E-state index contributed by atoms with van der Waals surface area (Å²) in [4.78, 5) is 11.8. The summed E-state index contributed by atoms with van der Waals surface area (Å²) in [6, 6.07) is 25.5. The molecule has 0 aromatic heterocycles. The van der Waals surface area contributed by atoms with Gasteiger partial charge in [0, 0.05) is 17.8 Å². The smallest absolute Gasteiger partial charge is 0.307 e. The van der Waals surface area contributed by atoms with Gasteiger partial charge in [-0.05, 0) is 76.9 Å². The summed E-state index contributed by atoms with van der Waals surface area (Å²) in [5.41, 5.74) is 13.4. The van der Waals surface area contributed by atoms with Gasteiger partial charge in [-0.25, -0.2) is 0 Å². The van der Waals surface area contributed by atoms with Crippen molar-refractivity contribution in [2.75, 3.05) is 9.74 Å². The molecule has 0 spiro atoms. The average molecular weight is 636 g/mol. The molecule has 0 fully saturated rings. The topological polar surface area (TPSA) is 69.6 Å². The van der Waals surface area contributed by atoms with E-state index in [0.717, 1.165) is 44.5 Å².